The van der Waals surface area contributed by atoms with Crippen molar-refractivity contribution in [2.24, 2.45) is 0 Å². The first-order valence-electron chi connectivity index (χ1n) is 9.00. The van der Waals surface area contributed by atoms with Crippen LogP contribution in [0.15, 0.2) is 60.8 Å². The Hall–Kier alpha value is -3.08. The van der Waals surface area contributed by atoms with Gasteiger partial charge in [0.15, 0.2) is 0 Å². The first kappa shape index (κ1) is 18.7. The van der Waals surface area contributed by atoms with Crippen molar-refractivity contribution in [2.45, 2.75) is 25.8 Å². The average molecular weight is 363 g/mol. The number of aryl methyl sites for hydroxylation is 1. The normalized spacial score (nSPS) is 11.8. The minimum absolute atomic E-state index is 0.00890. The van der Waals surface area contributed by atoms with Crippen molar-refractivity contribution in [3.63, 3.8) is 0 Å². The van der Waals surface area contributed by atoms with Gasteiger partial charge in [-0.3, -0.25) is 4.79 Å². The van der Waals surface area contributed by atoms with Gasteiger partial charge in [-0.2, -0.15) is 0 Å². The molecule has 1 N–H and O–H groups in total. The molecule has 0 saturated carbocycles. The third-order valence-corrected chi connectivity index (χ3v) is 4.67. The number of aromatic amines is 1. The predicted octanol–water partition coefficient (Wildman–Crippen LogP) is 3.91. The van der Waals surface area contributed by atoms with E-state index in [9.17, 15) is 4.79 Å². The molecule has 3 rings (SSSR count). The summed E-state index contributed by atoms with van der Waals surface area (Å²) in [7, 11) is 3.47. The van der Waals surface area contributed by atoms with E-state index in [2.05, 4.69) is 22.1 Å². The third-order valence-electron chi connectivity index (χ3n) is 4.67. The lowest BCUT2D eigenvalue weighted by atomic mass is 9.88. The summed E-state index contributed by atoms with van der Waals surface area (Å²) in [5, 5.41) is 0. The van der Waals surface area contributed by atoms with E-state index in [1.54, 1.807) is 18.2 Å². The highest BCUT2D eigenvalue weighted by atomic mass is 16.5. The zero-order valence-corrected chi connectivity index (χ0v) is 16.0. The molecule has 0 aliphatic rings. The highest BCUT2D eigenvalue weighted by Crippen LogP contribution is 2.30. The van der Waals surface area contributed by atoms with E-state index >= 15 is 0 Å². The maximum Gasteiger partial charge on any atom is 0.223 e. The molecule has 1 heterocycles. The maximum absolute atomic E-state index is 12.9. The minimum Gasteiger partial charge on any atom is -0.497 e. The lowest BCUT2D eigenvalue weighted by Crippen LogP contribution is -2.28. The maximum atomic E-state index is 12.9. The van der Waals surface area contributed by atoms with Gasteiger partial charge in [0, 0.05) is 31.3 Å². The Morgan fingerprint density at radius 3 is 2.37 bits per heavy atom. The Morgan fingerprint density at radius 1 is 1.11 bits per heavy atom. The average Bonchev–Trinajstić information content (AvgIpc) is 3.11. The zero-order chi connectivity index (χ0) is 19.2. The highest BCUT2D eigenvalue weighted by Gasteiger charge is 2.21. The van der Waals surface area contributed by atoms with Gasteiger partial charge in [0.25, 0.3) is 0 Å². The van der Waals surface area contributed by atoms with Gasteiger partial charge in [0.2, 0.25) is 5.91 Å². The van der Waals surface area contributed by atoms with Crippen molar-refractivity contribution in [1.82, 2.24) is 14.9 Å². The Morgan fingerprint density at radius 2 is 1.78 bits per heavy atom. The van der Waals surface area contributed by atoms with Crippen molar-refractivity contribution < 1.29 is 9.53 Å². The molecule has 0 fully saturated rings. The first-order chi connectivity index (χ1) is 13.1. The molecule has 0 aliphatic heterocycles. The number of aromatic nitrogens is 2. The molecule has 5 nitrogen and oxygen atoms in total. The molecule has 3 aromatic rings. The Balaban J connectivity index is 1.79. The number of nitrogens with one attached hydrogen (secondary N) is 1. The van der Waals surface area contributed by atoms with E-state index < -0.39 is 0 Å². The molecule has 1 amide bonds. The summed E-state index contributed by atoms with van der Waals surface area (Å²) in [6, 6.07) is 18.1. The topological polar surface area (TPSA) is 58.2 Å². The number of methoxy groups -OCH3 is 1. The summed E-state index contributed by atoms with van der Waals surface area (Å²) < 4.78 is 5.26. The molecule has 1 unspecified atom stereocenters. The number of benzene rings is 2. The summed E-state index contributed by atoms with van der Waals surface area (Å²) in [4.78, 5) is 22.1. The van der Waals surface area contributed by atoms with Gasteiger partial charge in [-0.05, 0) is 30.2 Å². The Bertz CT molecular complexity index is 872. The lowest BCUT2D eigenvalue weighted by Gasteiger charge is -2.22. The van der Waals surface area contributed by atoms with Crippen molar-refractivity contribution >= 4 is 5.91 Å². The van der Waals surface area contributed by atoms with E-state index in [0.717, 1.165) is 28.4 Å². The van der Waals surface area contributed by atoms with E-state index in [1.807, 2.05) is 56.4 Å². The number of H-pyrrole nitrogens is 1. The summed E-state index contributed by atoms with van der Waals surface area (Å²) in [6.07, 6.45) is 2.17. The molecule has 0 saturated heterocycles. The van der Waals surface area contributed by atoms with Gasteiger partial charge in [-0.1, -0.05) is 42.5 Å². The molecule has 0 bridgehead atoms. The van der Waals surface area contributed by atoms with Gasteiger partial charge in [0.1, 0.15) is 11.6 Å². The van der Waals surface area contributed by atoms with Crippen LogP contribution in [0, 0.1) is 6.92 Å². The summed E-state index contributed by atoms with van der Waals surface area (Å²) in [5.41, 5.74) is 3.21. The van der Waals surface area contributed by atoms with Gasteiger partial charge in [-0.25, -0.2) is 4.98 Å². The number of hydrogen-bond donors (Lipinski definition) is 1. The standard InChI is InChI=1S/C22H25N3O2/c1-16-14-23-21(24-16)15-25(2)22(26)13-20(17-7-5-4-6-8-17)18-9-11-19(27-3)12-10-18/h4-12,14,20H,13,15H2,1-3H3,(H,23,24). The Labute approximate surface area is 160 Å². The molecular weight excluding hydrogens is 338 g/mol. The summed E-state index contributed by atoms with van der Waals surface area (Å²) >= 11 is 0. The van der Waals surface area contributed by atoms with E-state index in [1.165, 1.54) is 0 Å². The molecule has 27 heavy (non-hydrogen) atoms. The summed E-state index contributed by atoms with van der Waals surface area (Å²) in [6.45, 7) is 2.42. The lowest BCUT2D eigenvalue weighted by molar-refractivity contribution is -0.130. The second kappa shape index (κ2) is 8.54. The van der Waals surface area contributed by atoms with Crippen molar-refractivity contribution in [2.75, 3.05) is 14.2 Å². The van der Waals surface area contributed by atoms with Crippen LogP contribution in [-0.2, 0) is 11.3 Å². The molecule has 1 aromatic heterocycles. The molecule has 0 spiro atoms. The third kappa shape index (κ3) is 4.76. The molecule has 140 valence electrons. The number of amides is 1. The number of nitrogens with zero attached hydrogens (tertiary/aromatic N) is 2. The number of rotatable bonds is 7. The predicted molar refractivity (Wildman–Crippen MR) is 106 cm³/mol. The van der Waals surface area contributed by atoms with Gasteiger partial charge >= 0.3 is 0 Å². The fourth-order valence-corrected chi connectivity index (χ4v) is 3.14. The van der Waals surface area contributed by atoms with E-state index in [-0.39, 0.29) is 11.8 Å². The second-order valence-corrected chi connectivity index (χ2v) is 6.70. The fourth-order valence-electron chi connectivity index (χ4n) is 3.14. The molecule has 1 atom stereocenters. The number of imidazole rings is 1. The summed E-state index contributed by atoms with van der Waals surface area (Å²) in [5.74, 6) is 1.67. The van der Waals surface area contributed by atoms with E-state index in [4.69, 9.17) is 4.74 Å². The highest BCUT2D eigenvalue weighted by molar-refractivity contribution is 5.77. The van der Waals surface area contributed by atoms with Crippen molar-refractivity contribution in [3.05, 3.63) is 83.4 Å². The molecule has 2 aromatic carbocycles. The van der Waals surface area contributed by atoms with Gasteiger partial charge in [-0.15, -0.1) is 0 Å². The first-order valence-corrected chi connectivity index (χ1v) is 9.00. The van der Waals surface area contributed by atoms with Crippen LogP contribution < -0.4 is 4.74 Å². The van der Waals surface area contributed by atoms with Crippen LogP contribution in [0.4, 0.5) is 0 Å². The quantitative estimate of drug-likeness (QED) is 0.692. The minimum atomic E-state index is -0.00890. The zero-order valence-electron chi connectivity index (χ0n) is 16.0. The molecule has 5 heteroatoms. The number of ether oxygens (including phenoxy) is 1. The number of carbonyl (C=O) groups excluding carboxylic acids is 1. The van der Waals surface area contributed by atoms with Crippen LogP contribution in [0.3, 0.4) is 0 Å². The number of hydrogen-bond acceptors (Lipinski definition) is 3. The van der Waals surface area contributed by atoms with Crippen LogP contribution >= 0.6 is 0 Å². The molecule has 0 aliphatic carbocycles. The van der Waals surface area contributed by atoms with Crippen LogP contribution in [-0.4, -0.2) is 34.9 Å². The van der Waals surface area contributed by atoms with Crippen LogP contribution in [0.25, 0.3) is 0 Å². The van der Waals surface area contributed by atoms with E-state index in [0.29, 0.717) is 13.0 Å². The monoisotopic (exact) mass is 363 g/mol. The Kier molecular flexibility index (Phi) is 5.91. The SMILES string of the molecule is COc1ccc(C(CC(=O)N(C)Cc2ncc(C)[nH]2)c2ccccc2)cc1. The largest absolute Gasteiger partial charge is 0.497 e. The van der Waals surface area contributed by atoms with Crippen molar-refractivity contribution in [3.8, 4) is 5.75 Å². The van der Waals surface area contributed by atoms with Crippen LogP contribution in [0.2, 0.25) is 0 Å². The van der Waals surface area contributed by atoms with Crippen molar-refractivity contribution in [1.29, 1.82) is 0 Å². The van der Waals surface area contributed by atoms with Gasteiger partial charge < -0.3 is 14.6 Å². The van der Waals surface area contributed by atoms with Crippen LogP contribution in [0.1, 0.15) is 35.0 Å². The van der Waals surface area contributed by atoms with Crippen LogP contribution in [0.5, 0.6) is 5.75 Å². The fraction of sp³-hybridized carbons (Fsp3) is 0.273. The van der Waals surface area contributed by atoms with Gasteiger partial charge in [0.05, 0.1) is 13.7 Å². The molecular formula is C22H25N3O2. The second-order valence-electron chi connectivity index (χ2n) is 6.70. The molecule has 0 radical (unpaired) electrons. The number of carbonyl (C=O) groups is 1. The smallest absolute Gasteiger partial charge is 0.223 e.